The maximum Gasteiger partial charge on any atom is 0.271 e. The van der Waals surface area contributed by atoms with Gasteiger partial charge in [-0.3, -0.25) is 9.78 Å². The summed E-state index contributed by atoms with van der Waals surface area (Å²) in [4.78, 5) is 27.3. The lowest BCUT2D eigenvalue weighted by atomic mass is 10.0. The predicted molar refractivity (Wildman–Crippen MR) is 98.6 cm³/mol. The zero-order valence-corrected chi connectivity index (χ0v) is 14.3. The number of rotatable bonds is 4. The van der Waals surface area contributed by atoms with Crippen molar-refractivity contribution in [1.82, 2.24) is 20.3 Å². The number of benzene rings is 1. The number of amides is 1. The van der Waals surface area contributed by atoms with Crippen LogP contribution in [-0.2, 0) is 19.5 Å². The highest BCUT2D eigenvalue weighted by Gasteiger charge is 2.18. The number of hydrogen-bond donors (Lipinski definition) is 1. The normalized spacial score (nSPS) is 13.2. The second kappa shape index (κ2) is 7.31. The van der Waals surface area contributed by atoms with E-state index in [9.17, 15) is 4.79 Å². The van der Waals surface area contributed by atoms with Gasteiger partial charge in [0.2, 0.25) is 0 Å². The smallest absolute Gasteiger partial charge is 0.271 e. The second-order valence-corrected chi connectivity index (χ2v) is 6.20. The molecule has 0 radical (unpaired) electrons. The van der Waals surface area contributed by atoms with Gasteiger partial charge < -0.3 is 10.2 Å². The minimum Gasteiger partial charge on any atom is -0.351 e. The van der Waals surface area contributed by atoms with Crippen molar-refractivity contribution < 1.29 is 4.79 Å². The third-order valence-electron chi connectivity index (χ3n) is 4.48. The van der Waals surface area contributed by atoms with E-state index in [0.29, 0.717) is 12.2 Å². The van der Waals surface area contributed by atoms with Crippen molar-refractivity contribution in [3.8, 4) is 0 Å². The number of carbonyl (C=O) groups is 1. The minimum atomic E-state index is -0.251. The number of carbonyl (C=O) groups excluding carboxylic acids is 1. The highest BCUT2D eigenvalue weighted by molar-refractivity contribution is 5.91. The molecule has 6 heteroatoms. The molecule has 1 N–H and O–H groups in total. The molecular weight excluding hydrogens is 326 g/mol. The molecular formula is C20H19N5O. The number of hydrogen-bond acceptors (Lipinski definition) is 5. The number of nitrogens with one attached hydrogen (secondary N) is 1. The Labute approximate surface area is 151 Å². The molecule has 1 aliphatic heterocycles. The van der Waals surface area contributed by atoms with Crippen molar-refractivity contribution in [3.05, 3.63) is 83.6 Å². The van der Waals surface area contributed by atoms with Crippen LogP contribution >= 0.6 is 0 Å². The van der Waals surface area contributed by atoms with Crippen LogP contribution in [0.2, 0.25) is 0 Å². The summed E-state index contributed by atoms with van der Waals surface area (Å²) < 4.78 is 0. The average Bonchev–Trinajstić information content (AvgIpc) is 2.72. The van der Waals surface area contributed by atoms with E-state index in [1.54, 1.807) is 12.4 Å². The van der Waals surface area contributed by atoms with Gasteiger partial charge in [0.25, 0.3) is 5.91 Å². The van der Waals surface area contributed by atoms with Gasteiger partial charge in [-0.15, -0.1) is 0 Å². The molecule has 1 aromatic carbocycles. The molecule has 3 aromatic rings. The Kier molecular flexibility index (Phi) is 4.55. The summed E-state index contributed by atoms with van der Waals surface area (Å²) in [7, 11) is 0. The number of anilines is 1. The number of pyridine rings is 1. The standard InChI is InChI=1S/C20H19N5O/c26-20(24-11-17-7-3-4-9-21-17)18-12-23-19(13-22-18)25-10-8-15-5-1-2-6-16(15)14-25/h1-7,9,12-13H,8,10-11,14H2,(H,24,26). The monoisotopic (exact) mass is 345 g/mol. The fraction of sp³-hybridized carbons (Fsp3) is 0.200. The van der Waals surface area contributed by atoms with Crippen LogP contribution in [0.4, 0.5) is 5.82 Å². The van der Waals surface area contributed by atoms with Crippen molar-refractivity contribution in [2.75, 3.05) is 11.4 Å². The first-order chi connectivity index (χ1) is 12.8. The third-order valence-corrected chi connectivity index (χ3v) is 4.48. The molecule has 4 rings (SSSR count). The van der Waals surface area contributed by atoms with Gasteiger partial charge in [-0.1, -0.05) is 30.3 Å². The van der Waals surface area contributed by atoms with Gasteiger partial charge in [0, 0.05) is 19.3 Å². The number of nitrogens with zero attached hydrogens (tertiary/aromatic N) is 4. The van der Waals surface area contributed by atoms with E-state index in [1.165, 1.54) is 17.3 Å². The molecule has 0 fully saturated rings. The third kappa shape index (κ3) is 3.54. The van der Waals surface area contributed by atoms with Crippen molar-refractivity contribution in [2.24, 2.45) is 0 Å². The first-order valence-corrected chi connectivity index (χ1v) is 8.61. The lowest BCUT2D eigenvalue weighted by Crippen LogP contribution is -2.31. The Morgan fingerprint density at radius 2 is 1.85 bits per heavy atom. The van der Waals surface area contributed by atoms with Crippen LogP contribution < -0.4 is 10.2 Å². The van der Waals surface area contributed by atoms with Gasteiger partial charge in [0.1, 0.15) is 11.5 Å². The van der Waals surface area contributed by atoms with Crippen LogP contribution in [0.25, 0.3) is 0 Å². The molecule has 6 nitrogen and oxygen atoms in total. The zero-order chi connectivity index (χ0) is 17.8. The van der Waals surface area contributed by atoms with E-state index < -0.39 is 0 Å². The molecule has 0 bridgehead atoms. The summed E-state index contributed by atoms with van der Waals surface area (Å²) in [6, 6.07) is 14.1. The average molecular weight is 345 g/mol. The molecule has 1 aliphatic rings. The van der Waals surface area contributed by atoms with Crippen LogP contribution in [-0.4, -0.2) is 27.4 Å². The summed E-state index contributed by atoms with van der Waals surface area (Å²) in [6.45, 7) is 2.08. The first-order valence-electron chi connectivity index (χ1n) is 8.61. The highest BCUT2D eigenvalue weighted by Crippen LogP contribution is 2.22. The predicted octanol–water partition coefficient (Wildman–Crippen LogP) is 2.36. The van der Waals surface area contributed by atoms with Gasteiger partial charge in [0.05, 0.1) is 24.6 Å². The summed E-state index contributed by atoms with van der Waals surface area (Å²) in [5.41, 5.74) is 3.82. The topological polar surface area (TPSA) is 71.0 Å². The molecule has 3 heterocycles. The quantitative estimate of drug-likeness (QED) is 0.786. The maximum atomic E-state index is 12.2. The Balaban J connectivity index is 1.40. The van der Waals surface area contributed by atoms with E-state index in [-0.39, 0.29) is 5.91 Å². The molecule has 0 atom stereocenters. The summed E-state index contributed by atoms with van der Waals surface area (Å²) in [6.07, 6.45) is 5.89. The molecule has 26 heavy (non-hydrogen) atoms. The number of fused-ring (bicyclic) bond motifs is 1. The van der Waals surface area contributed by atoms with Crippen molar-refractivity contribution in [3.63, 3.8) is 0 Å². The van der Waals surface area contributed by atoms with E-state index in [4.69, 9.17) is 0 Å². The molecule has 0 spiro atoms. The molecule has 0 unspecified atom stereocenters. The van der Waals surface area contributed by atoms with E-state index in [0.717, 1.165) is 31.0 Å². The molecule has 1 amide bonds. The largest absolute Gasteiger partial charge is 0.351 e. The van der Waals surface area contributed by atoms with E-state index in [2.05, 4.69) is 49.4 Å². The van der Waals surface area contributed by atoms with Crippen LogP contribution in [0.3, 0.4) is 0 Å². The summed E-state index contributed by atoms with van der Waals surface area (Å²) >= 11 is 0. The lowest BCUT2D eigenvalue weighted by molar-refractivity contribution is 0.0945. The SMILES string of the molecule is O=C(NCc1ccccn1)c1cnc(N2CCc3ccccc3C2)cn1. The molecule has 2 aromatic heterocycles. The van der Waals surface area contributed by atoms with Gasteiger partial charge in [-0.25, -0.2) is 9.97 Å². The van der Waals surface area contributed by atoms with Crippen LogP contribution in [0, 0.1) is 0 Å². The molecule has 0 saturated carbocycles. The molecule has 130 valence electrons. The second-order valence-electron chi connectivity index (χ2n) is 6.20. The minimum absolute atomic E-state index is 0.251. The van der Waals surface area contributed by atoms with E-state index in [1.807, 2.05) is 18.2 Å². The van der Waals surface area contributed by atoms with Crippen molar-refractivity contribution in [2.45, 2.75) is 19.5 Å². The summed E-state index contributed by atoms with van der Waals surface area (Å²) in [5, 5.41) is 2.81. The lowest BCUT2D eigenvalue weighted by Gasteiger charge is -2.29. The fourth-order valence-electron chi connectivity index (χ4n) is 3.06. The highest BCUT2D eigenvalue weighted by atomic mass is 16.1. The maximum absolute atomic E-state index is 12.2. The Morgan fingerprint density at radius 1 is 1.00 bits per heavy atom. The van der Waals surface area contributed by atoms with Crippen molar-refractivity contribution >= 4 is 11.7 Å². The van der Waals surface area contributed by atoms with Crippen molar-refractivity contribution in [1.29, 1.82) is 0 Å². The first kappa shape index (κ1) is 16.2. The molecule has 0 aliphatic carbocycles. The summed E-state index contributed by atoms with van der Waals surface area (Å²) in [5.74, 6) is 0.541. The van der Waals surface area contributed by atoms with Crippen LogP contribution in [0.1, 0.15) is 27.3 Å². The molecule has 0 saturated heterocycles. The van der Waals surface area contributed by atoms with Gasteiger partial charge in [0.15, 0.2) is 0 Å². The zero-order valence-electron chi connectivity index (χ0n) is 14.3. The Hall–Kier alpha value is -3.28. The van der Waals surface area contributed by atoms with Gasteiger partial charge >= 0.3 is 0 Å². The number of aromatic nitrogens is 3. The van der Waals surface area contributed by atoms with Gasteiger partial charge in [-0.05, 0) is 29.7 Å². The van der Waals surface area contributed by atoms with E-state index >= 15 is 0 Å². The van der Waals surface area contributed by atoms with Gasteiger partial charge in [-0.2, -0.15) is 0 Å². The van der Waals surface area contributed by atoms with Crippen LogP contribution in [0.5, 0.6) is 0 Å². The Morgan fingerprint density at radius 3 is 2.62 bits per heavy atom. The van der Waals surface area contributed by atoms with Crippen LogP contribution in [0.15, 0.2) is 61.1 Å². The fourth-order valence-corrected chi connectivity index (χ4v) is 3.06. The Bertz CT molecular complexity index is 896.